The topological polar surface area (TPSA) is 47.3 Å². The van der Waals surface area contributed by atoms with Crippen LogP contribution in [0.5, 0.6) is 5.75 Å². The van der Waals surface area contributed by atoms with Crippen LogP contribution in [0.2, 0.25) is 0 Å². The summed E-state index contributed by atoms with van der Waals surface area (Å²) in [5.41, 5.74) is 2.35. The molecule has 1 aromatic carbocycles. The van der Waals surface area contributed by atoms with Crippen molar-refractivity contribution in [3.05, 3.63) is 23.8 Å². The van der Waals surface area contributed by atoms with E-state index in [1.54, 1.807) is 0 Å². The summed E-state index contributed by atoms with van der Waals surface area (Å²) in [6.07, 6.45) is -4.77. The average Bonchev–Trinajstić information content (AvgIpc) is 2.16. The van der Waals surface area contributed by atoms with E-state index >= 15 is 0 Å². The Morgan fingerprint density at radius 1 is 1.40 bits per heavy atom. The fraction of sp³-hybridized carbons (Fsp3) is 0.250. The van der Waals surface area contributed by atoms with Crippen molar-refractivity contribution in [2.75, 3.05) is 5.43 Å². The number of anilines is 1. The van der Waals surface area contributed by atoms with Crippen LogP contribution in [0.1, 0.15) is 5.56 Å². The molecule has 84 valence electrons. The molecule has 0 heterocycles. The Morgan fingerprint density at radius 3 is 2.53 bits per heavy atom. The molecule has 0 fully saturated rings. The standard InChI is InChI=1S/C8H8ClF3N2O/c9-4-5-2-1-3-6(14-13)7(5)15-8(10,11)12/h1-3,14H,4,13H2. The van der Waals surface area contributed by atoms with E-state index in [9.17, 15) is 13.2 Å². The zero-order chi connectivity index (χ0) is 11.5. The van der Waals surface area contributed by atoms with Gasteiger partial charge in [-0.25, -0.2) is 0 Å². The third-order valence-corrected chi connectivity index (χ3v) is 1.90. The van der Waals surface area contributed by atoms with Gasteiger partial charge in [-0.05, 0) is 6.07 Å². The van der Waals surface area contributed by atoms with Gasteiger partial charge >= 0.3 is 6.36 Å². The molecule has 0 atom stereocenters. The van der Waals surface area contributed by atoms with Crippen molar-refractivity contribution >= 4 is 17.3 Å². The number of benzene rings is 1. The molecule has 7 heteroatoms. The number of nitrogens with two attached hydrogens (primary N) is 1. The average molecular weight is 241 g/mol. The van der Waals surface area contributed by atoms with Crippen molar-refractivity contribution in [2.24, 2.45) is 5.84 Å². The number of rotatable bonds is 3. The molecule has 3 nitrogen and oxygen atoms in total. The zero-order valence-electron chi connectivity index (χ0n) is 7.44. The van der Waals surface area contributed by atoms with Crippen molar-refractivity contribution in [1.82, 2.24) is 0 Å². The molecule has 0 spiro atoms. The van der Waals surface area contributed by atoms with Gasteiger partial charge in [0.15, 0.2) is 5.75 Å². The van der Waals surface area contributed by atoms with E-state index in [-0.39, 0.29) is 17.1 Å². The van der Waals surface area contributed by atoms with Gasteiger partial charge in [0.05, 0.1) is 11.6 Å². The van der Waals surface area contributed by atoms with Crippen LogP contribution in [0, 0.1) is 0 Å². The number of para-hydroxylation sites is 1. The number of ether oxygens (including phenoxy) is 1. The lowest BCUT2D eigenvalue weighted by Gasteiger charge is -2.15. The fourth-order valence-corrected chi connectivity index (χ4v) is 1.25. The first kappa shape index (κ1) is 11.9. The Labute approximate surface area is 88.9 Å². The molecule has 0 amide bonds. The summed E-state index contributed by atoms with van der Waals surface area (Å²) < 4.78 is 39.9. The van der Waals surface area contributed by atoms with Gasteiger partial charge in [-0.2, -0.15) is 0 Å². The van der Waals surface area contributed by atoms with Crippen LogP contribution in [-0.2, 0) is 5.88 Å². The third-order valence-electron chi connectivity index (χ3n) is 1.61. The highest BCUT2D eigenvalue weighted by molar-refractivity contribution is 6.17. The van der Waals surface area contributed by atoms with Crippen LogP contribution >= 0.6 is 11.6 Å². The van der Waals surface area contributed by atoms with E-state index in [4.69, 9.17) is 17.4 Å². The second kappa shape index (κ2) is 4.59. The molecule has 0 aliphatic carbocycles. The van der Waals surface area contributed by atoms with Crippen LogP contribution < -0.4 is 16.0 Å². The number of halogens is 4. The number of nitrogens with one attached hydrogen (secondary N) is 1. The number of hydrogen-bond acceptors (Lipinski definition) is 3. The van der Waals surface area contributed by atoms with E-state index < -0.39 is 12.1 Å². The van der Waals surface area contributed by atoms with E-state index in [2.05, 4.69) is 10.2 Å². The van der Waals surface area contributed by atoms with Gasteiger partial charge in [0.25, 0.3) is 0 Å². The molecular weight excluding hydrogens is 233 g/mol. The Morgan fingerprint density at radius 2 is 2.07 bits per heavy atom. The second-order valence-electron chi connectivity index (χ2n) is 2.62. The van der Waals surface area contributed by atoms with Crippen molar-refractivity contribution in [3.8, 4) is 5.75 Å². The summed E-state index contributed by atoms with van der Waals surface area (Å²) in [6, 6.07) is 4.31. The summed E-state index contributed by atoms with van der Waals surface area (Å²) >= 11 is 5.47. The van der Waals surface area contributed by atoms with Crippen LogP contribution in [0.3, 0.4) is 0 Å². The second-order valence-corrected chi connectivity index (χ2v) is 2.89. The monoisotopic (exact) mass is 240 g/mol. The largest absolute Gasteiger partial charge is 0.573 e. The zero-order valence-corrected chi connectivity index (χ0v) is 8.19. The van der Waals surface area contributed by atoms with E-state index in [0.29, 0.717) is 0 Å². The third kappa shape index (κ3) is 3.17. The first-order chi connectivity index (χ1) is 6.98. The Hall–Kier alpha value is -1.14. The van der Waals surface area contributed by atoms with Gasteiger partial charge in [0.1, 0.15) is 0 Å². The molecule has 0 aliphatic rings. The lowest BCUT2D eigenvalue weighted by Crippen LogP contribution is -2.20. The van der Waals surface area contributed by atoms with E-state index in [0.717, 1.165) is 0 Å². The molecule has 0 radical (unpaired) electrons. The van der Waals surface area contributed by atoms with Gasteiger partial charge in [0.2, 0.25) is 0 Å². The molecule has 1 aromatic rings. The van der Waals surface area contributed by atoms with Gasteiger partial charge in [-0.3, -0.25) is 5.84 Å². The number of nitrogen functional groups attached to an aromatic ring is 1. The van der Waals surface area contributed by atoms with Crippen LogP contribution in [0.4, 0.5) is 18.9 Å². The smallest absolute Gasteiger partial charge is 0.403 e. The molecule has 0 saturated carbocycles. The molecule has 3 N–H and O–H groups in total. The Balaban J connectivity index is 3.11. The van der Waals surface area contributed by atoms with Gasteiger partial charge in [-0.1, -0.05) is 12.1 Å². The minimum Gasteiger partial charge on any atom is -0.403 e. The SMILES string of the molecule is NNc1cccc(CCl)c1OC(F)(F)F. The molecule has 15 heavy (non-hydrogen) atoms. The normalized spacial score (nSPS) is 11.3. The Kier molecular flexibility index (Phi) is 3.65. The van der Waals surface area contributed by atoms with Gasteiger partial charge in [0, 0.05) is 5.56 Å². The number of alkyl halides is 4. The lowest BCUT2D eigenvalue weighted by molar-refractivity contribution is -0.274. The molecule has 0 bridgehead atoms. The molecule has 0 aliphatic heterocycles. The van der Waals surface area contributed by atoms with E-state index in [1.165, 1.54) is 18.2 Å². The molecule has 0 saturated heterocycles. The maximum atomic E-state index is 12.0. The predicted molar refractivity (Wildman–Crippen MR) is 50.5 cm³/mol. The summed E-state index contributed by atoms with van der Waals surface area (Å²) in [6.45, 7) is 0. The van der Waals surface area contributed by atoms with Crippen molar-refractivity contribution in [1.29, 1.82) is 0 Å². The minimum atomic E-state index is -4.77. The fourth-order valence-electron chi connectivity index (χ4n) is 1.04. The van der Waals surface area contributed by atoms with Crippen molar-refractivity contribution in [2.45, 2.75) is 12.2 Å². The maximum absolute atomic E-state index is 12.0. The highest BCUT2D eigenvalue weighted by Crippen LogP contribution is 2.34. The predicted octanol–water partition coefficient (Wildman–Crippen LogP) is 2.61. The number of hydrazine groups is 1. The van der Waals surface area contributed by atoms with Crippen LogP contribution in [0.15, 0.2) is 18.2 Å². The Bertz CT molecular complexity index is 321. The number of hydrogen-bond donors (Lipinski definition) is 2. The van der Waals surface area contributed by atoms with E-state index in [1.807, 2.05) is 0 Å². The molecule has 0 unspecified atom stereocenters. The highest BCUT2D eigenvalue weighted by atomic mass is 35.5. The van der Waals surface area contributed by atoms with Crippen molar-refractivity contribution < 1.29 is 17.9 Å². The van der Waals surface area contributed by atoms with Crippen LogP contribution in [0.25, 0.3) is 0 Å². The first-order valence-corrected chi connectivity index (χ1v) is 4.41. The van der Waals surface area contributed by atoms with Gasteiger partial charge < -0.3 is 10.2 Å². The summed E-state index contributed by atoms with van der Waals surface area (Å²) in [5, 5.41) is 0. The minimum absolute atomic E-state index is 0.0328. The summed E-state index contributed by atoms with van der Waals surface area (Å²) in [7, 11) is 0. The summed E-state index contributed by atoms with van der Waals surface area (Å²) in [5.74, 6) is 4.56. The quantitative estimate of drug-likeness (QED) is 0.485. The van der Waals surface area contributed by atoms with Crippen LogP contribution in [-0.4, -0.2) is 6.36 Å². The molecular formula is C8H8ClF3N2O. The maximum Gasteiger partial charge on any atom is 0.573 e. The molecule has 1 rings (SSSR count). The van der Waals surface area contributed by atoms with Crippen molar-refractivity contribution in [3.63, 3.8) is 0 Å². The van der Waals surface area contributed by atoms with Gasteiger partial charge in [-0.15, -0.1) is 24.8 Å². The highest BCUT2D eigenvalue weighted by Gasteiger charge is 2.33. The lowest BCUT2D eigenvalue weighted by atomic mass is 10.2. The first-order valence-electron chi connectivity index (χ1n) is 3.88. The summed E-state index contributed by atoms with van der Waals surface area (Å²) in [4.78, 5) is 0. The molecule has 0 aromatic heterocycles.